The largest absolute Gasteiger partial charge is 0.465 e. The Labute approximate surface area is 224 Å². The van der Waals surface area contributed by atoms with E-state index in [4.69, 9.17) is 32.7 Å². The lowest BCUT2D eigenvalue weighted by Gasteiger charge is -2.42. The lowest BCUT2D eigenvalue weighted by Crippen LogP contribution is -2.59. The molecule has 0 saturated carbocycles. The summed E-state index contributed by atoms with van der Waals surface area (Å²) in [4.78, 5) is 30.4. The topological polar surface area (TPSA) is 82.5 Å². The van der Waals surface area contributed by atoms with E-state index in [0.29, 0.717) is 34.3 Å². The van der Waals surface area contributed by atoms with Crippen LogP contribution in [0.15, 0.2) is 67.0 Å². The van der Waals surface area contributed by atoms with Gasteiger partial charge in [-0.1, -0.05) is 53.5 Å². The van der Waals surface area contributed by atoms with E-state index >= 15 is 0 Å². The Kier molecular flexibility index (Phi) is 6.94. The number of aromatic nitrogens is 2. The zero-order valence-corrected chi connectivity index (χ0v) is 21.8. The zero-order valence-electron chi connectivity index (χ0n) is 20.3. The number of fused-ring (bicyclic) bond motifs is 1. The van der Waals surface area contributed by atoms with Crippen molar-refractivity contribution in [1.29, 1.82) is 0 Å². The Bertz CT molecular complexity index is 1460. The Morgan fingerprint density at radius 3 is 2.51 bits per heavy atom. The molecule has 1 atom stereocenters. The van der Waals surface area contributed by atoms with Gasteiger partial charge in [0.2, 0.25) is 0 Å². The molecule has 1 amide bonds. The number of hydrogen-bond acceptors (Lipinski definition) is 5. The fourth-order valence-corrected chi connectivity index (χ4v) is 5.08. The molecule has 5 rings (SSSR count). The zero-order chi connectivity index (χ0) is 26.2. The van der Waals surface area contributed by atoms with Crippen molar-refractivity contribution >= 4 is 46.0 Å². The Morgan fingerprint density at radius 2 is 1.89 bits per heavy atom. The monoisotopic (exact) mass is 537 g/mol. The maximum atomic E-state index is 13.4. The van der Waals surface area contributed by atoms with Crippen LogP contribution in [0.1, 0.15) is 40.0 Å². The van der Waals surface area contributed by atoms with E-state index in [1.54, 1.807) is 42.1 Å². The maximum absolute atomic E-state index is 13.4. The number of esters is 1. The highest BCUT2D eigenvalue weighted by atomic mass is 35.5. The molecule has 0 spiro atoms. The molecule has 1 fully saturated rings. The van der Waals surface area contributed by atoms with Crippen LogP contribution in [-0.2, 0) is 26.9 Å². The lowest BCUT2D eigenvalue weighted by atomic mass is 9.85. The van der Waals surface area contributed by atoms with Gasteiger partial charge in [-0.3, -0.25) is 14.6 Å². The van der Waals surface area contributed by atoms with Gasteiger partial charge < -0.3 is 19.4 Å². The third kappa shape index (κ3) is 4.59. The van der Waals surface area contributed by atoms with Crippen LogP contribution in [0, 0.1) is 0 Å². The van der Waals surface area contributed by atoms with Gasteiger partial charge in [0.25, 0.3) is 5.91 Å². The number of rotatable bonds is 7. The van der Waals surface area contributed by atoms with Crippen molar-refractivity contribution in [3.63, 3.8) is 0 Å². The summed E-state index contributed by atoms with van der Waals surface area (Å²) in [6, 6.07) is 16.5. The molecule has 1 saturated heterocycles. The standard InChI is InChI=1S/C28H25Cl2N3O4/c1-3-37-27(35)24(18-5-4-12-31-14-18)17-6-8-19(9-7-17)28(15-36-16-28)32-26(34)23-13-20-22(33(23)2)11-10-21(29)25(20)30/h4-14,24H,3,15-16H2,1-2H3,(H,32,34). The van der Waals surface area contributed by atoms with E-state index < -0.39 is 11.5 Å². The highest BCUT2D eigenvalue weighted by Gasteiger charge is 2.42. The number of nitrogens with zero attached hydrogens (tertiary/aromatic N) is 2. The molecule has 190 valence electrons. The lowest BCUT2D eigenvalue weighted by molar-refractivity contribution is -0.143. The van der Waals surface area contributed by atoms with Crippen LogP contribution in [0.25, 0.3) is 10.9 Å². The number of amides is 1. The van der Waals surface area contributed by atoms with Gasteiger partial charge in [-0.25, -0.2) is 0 Å². The first-order chi connectivity index (χ1) is 17.8. The van der Waals surface area contributed by atoms with Gasteiger partial charge in [-0.2, -0.15) is 0 Å². The van der Waals surface area contributed by atoms with Crippen molar-refractivity contribution in [1.82, 2.24) is 14.9 Å². The quantitative estimate of drug-likeness (QED) is 0.326. The highest BCUT2D eigenvalue weighted by Crippen LogP contribution is 2.35. The first-order valence-corrected chi connectivity index (χ1v) is 12.6. The van der Waals surface area contributed by atoms with Gasteiger partial charge in [-0.05, 0) is 47.9 Å². The van der Waals surface area contributed by atoms with Crippen LogP contribution < -0.4 is 5.32 Å². The summed E-state index contributed by atoms with van der Waals surface area (Å²) < 4.78 is 12.7. The summed E-state index contributed by atoms with van der Waals surface area (Å²) in [5.74, 6) is -1.19. The molecule has 9 heteroatoms. The molecule has 1 unspecified atom stereocenters. The van der Waals surface area contributed by atoms with Gasteiger partial charge in [0, 0.05) is 30.3 Å². The Hall–Kier alpha value is -3.39. The van der Waals surface area contributed by atoms with E-state index in [1.807, 2.05) is 43.4 Å². The fourth-order valence-electron chi connectivity index (χ4n) is 4.70. The first kappa shape index (κ1) is 25.3. The number of carbonyl (C=O) groups excluding carboxylic acids is 2. The molecule has 3 heterocycles. The minimum absolute atomic E-state index is 0.252. The highest BCUT2D eigenvalue weighted by molar-refractivity contribution is 6.45. The smallest absolute Gasteiger partial charge is 0.317 e. The molecule has 2 aromatic heterocycles. The van der Waals surface area contributed by atoms with Crippen LogP contribution in [0.5, 0.6) is 0 Å². The van der Waals surface area contributed by atoms with Gasteiger partial charge in [0.15, 0.2) is 0 Å². The van der Waals surface area contributed by atoms with Crippen LogP contribution in [0.3, 0.4) is 0 Å². The van der Waals surface area contributed by atoms with E-state index in [0.717, 1.165) is 22.2 Å². The summed E-state index contributed by atoms with van der Waals surface area (Å²) >= 11 is 12.5. The van der Waals surface area contributed by atoms with Gasteiger partial charge in [0.05, 0.1) is 29.9 Å². The van der Waals surface area contributed by atoms with Gasteiger partial charge in [-0.15, -0.1) is 0 Å². The predicted octanol–water partition coefficient (Wildman–Crippen LogP) is 5.23. The number of pyridine rings is 1. The number of hydrogen-bond donors (Lipinski definition) is 1. The second-order valence-electron chi connectivity index (χ2n) is 9.01. The molecule has 7 nitrogen and oxygen atoms in total. The fraction of sp³-hybridized carbons (Fsp3) is 0.250. The van der Waals surface area contributed by atoms with E-state index in [9.17, 15) is 9.59 Å². The minimum Gasteiger partial charge on any atom is -0.465 e. The van der Waals surface area contributed by atoms with Crippen LogP contribution >= 0.6 is 23.2 Å². The molecule has 1 aliphatic heterocycles. The van der Waals surface area contributed by atoms with Crippen molar-refractivity contribution in [2.45, 2.75) is 18.4 Å². The normalized spacial score (nSPS) is 15.1. The molecule has 2 aromatic carbocycles. The number of nitrogens with one attached hydrogen (secondary N) is 1. The van der Waals surface area contributed by atoms with E-state index in [1.165, 1.54) is 0 Å². The average Bonchev–Trinajstić information content (AvgIpc) is 3.22. The van der Waals surface area contributed by atoms with E-state index in [2.05, 4.69) is 10.3 Å². The van der Waals surface area contributed by atoms with Crippen LogP contribution in [-0.4, -0.2) is 41.2 Å². The minimum atomic E-state index is -0.693. The van der Waals surface area contributed by atoms with Crippen molar-refractivity contribution < 1.29 is 19.1 Å². The van der Waals surface area contributed by atoms with Crippen molar-refractivity contribution in [2.24, 2.45) is 7.05 Å². The van der Waals surface area contributed by atoms with Crippen molar-refractivity contribution in [3.8, 4) is 0 Å². The summed E-state index contributed by atoms with van der Waals surface area (Å²) in [6.07, 6.45) is 3.33. The summed E-state index contributed by atoms with van der Waals surface area (Å²) in [5.41, 5.74) is 2.98. The molecule has 37 heavy (non-hydrogen) atoms. The Morgan fingerprint density at radius 1 is 1.14 bits per heavy atom. The predicted molar refractivity (Wildman–Crippen MR) is 142 cm³/mol. The molecule has 4 aromatic rings. The third-order valence-corrected chi connectivity index (χ3v) is 7.55. The molecule has 1 aliphatic rings. The molecule has 0 bridgehead atoms. The molecular formula is C28H25Cl2N3O4. The van der Waals surface area contributed by atoms with Crippen molar-refractivity contribution in [3.05, 3.63) is 99.4 Å². The molecule has 0 aliphatic carbocycles. The number of ether oxygens (including phenoxy) is 2. The van der Waals surface area contributed by atoms with Gasteiger partial charge >= 0.3 is 5.97 Å². The average molecular weight is 538 g/mol. The Balaban J connectivity index is 1.43. The summed E-state index contributed by atoms with van der Waals surface area (Å²) in [5, 5.41) is 4.72. The SMILES string of the molecule is CCOC(=O)C(c1ccc(C2(NC(=O)c3cc4c(Cl)c(Cl)ccc4n3C)COC2)cc1)c1cccnc1. The molecule has 1 N–H and O–H groups in total. The maximum Gasteiger partial charge on any atom is 0.317 e. The molecular weight excluding hydrogens is 513 g/mol. The second kappa shape index (κ2) is 10.2. The number of halogens is 2. The number of aryl methyl sites for hydroxylation is 1. The van der Waals surface area contributed by atoms with E-state index in [-0.39, 0.29) is 18.5 Å². The first-order valence-electron chi connectivity index (χ1n) is 11.9. The van der Waals surface area contributed by atoms with Crippen molar-refractivity contribution in [2.75, 3.05) is 19.8 Å². The second-order valence-corrected chi connectivity index (χ2v) is 9.79. The van der Waals surface area contributed by atoms with Crippen LogP contribution in [0.2, 0.25) is 10.0 Å². The number of benzene rings is 2. The molecule has 0 radical (unpaired) electrons. The summed E-state index contributed by atoms with van der Waals surface area (Å²) in [6.45, 7) is 2.73. The number of carbonyl (C=O) groups is 2. The van der Waals surface area contributed by atoms with Gasteiger partial charge in [0.1, 0.15) is 17.2 Å². The third-order valence-electron chi connectivity index (χ3n) is 6.73. The summed E-state index contributed by atoms with van der Waals surface area (Å²) in [7, 11) is 1.81. The van der Waals surface area contributed by atoms with Crippen LogP contribution in [0.4, 0.5) is 0 Å².